The molecule has 2 rings (SSSR count). The predicted octanol–water partition coefficient (Wildman–Crippen LogP) is 6.00. The van der Waals surface area contributed by atoms with E-state index >= 15 is 0 Å². The lowest BCUT2D eigenvalue weighted by molar-refractivity contribution is 0.425. The number of aromatic nitrogens is 1. The molecule has 0 saturated heterocycles. The molecule has 0 unspecified atom stereocenters. The average molecular weight is 370 g/mol. The van der Waals surface area contributed by atoms with Crippen molar-refractivity contribution in [2.75, 3.05) is 19.0 Å². The van der Waals surface area contributed by atoms with Crippen molar-refractivity contribution in [2.45, 2.75) is 48.0 Å². The van der Waals surface area contributed by atoms with Crippen LogP contribution in [0.5, 0.6) is 0 Å². The molecular formula is C22H31N3S. The predicted molar refractivity (Wildman–Crippen MR) is 116 cm³/mol. The number of hydrogen-bond donors (Lipinski definition) is 1. The average Bonchev–Trinajstić information content (AvgIpc) is 3.05. The first-order chi connectivity index (χ1) is 12.3. The topological polar surface area (TPSA) is 28.2 Å². The van der Waals surface area contributed by atoms with Crippen molar-refractivity contribution in [1.82, 2.24) is 9.99 Å². The van der Waals surface area contributed by atoms with E-state index in [-0.39, 0.29) is 0 Å². The minimum absolute atomic E-state index is 0.886. The SMILES string of the molecule is CCN(C)Nc1cc(C)c(Cc2nc(/C(C)=C/C=C(C)C)cs2)cc1C. The molecule has 3 nitrogen and oxygen atoms in total. The normalized spacial score (nSPS) is 11.8. The molecule has 26 heavy (non-hydrogen) atoms. The van der Waals surface area contributed by atoms with Gasteiger partial charge in [0.2, 0.25) is 0 Å². The molecule has 0 bridgehead atoms. The minimum atomic E-state index is 0.886. The van der Waals surface area contributed by atoms with Gasteiger partial charge in [-0.15, -0.1) is 11.3 Å². The zero-order valence-corrected chi connectivity index (χ0v) is 17.9. The summed E-state index contributed by atoms with van der Waals surface area (Å²) in [5.41, 5.74) is 12.1. The number of allylic oxidation sites excluding steroid dienone is 4. The van der Waals surface area contributed by atoms with Gasteiger partial charge in [-0.25, -0.2) is 9.99 Å². The van der Waals surface area contributed by atoms with Crippen molar-refractivity contribution >= 4 is 22.6 Å². The Morgan fingerprint density at radius 1 is 1.15 bits per heavy atom. The molecular weight excluding hydrogens is 338 g/mol. The van der Waals surface area contributed by atoms with Crippen LogP contribution in [-0.4, -0.2) is 23.6 Å². The van der Waals surface area contributed by atoms with Crippen molar-refractivity contribution in [2.24, 2.45) is 0 Å². The first kappa shape index (κ1) is 20.4. The van der Waals surface area contributed by atoms with E-state index in [1.807, 2.05) is 0 Å². The molecule has 1 aromatic carbocycles. The summed E-state index contributed by atoms with van der Waals surface area (Å²) in [7, 11) is 2.06. The van der Waals surface area contributed by atoms with Crippen LogP contribution >= 0.6 is 11.3 Å². The van der Waals surface area contributed by atoms with Gasteiger partial charge >= 0.3 is 0 Å². The van der Waals surface area contributed by atoms with Gasteiger partial charge in [-0.3, -0.25) is 0 Å². The van der Waals surface area contributed by atoms with Crippen LogP contribution in [-0.2, 0) is 6.42 Å². The number of rotatable bonds is 7. The third-order valence-corrected chi connectivity index (χ3v) is 5.28. The number of aryl methyl sites for hydroxylation is 2. The highest BCUT2D eigenvalue weighted by Gasteiger charge is 2.10. The van der Waals surface area contributed by atoms with Gasteiger partial charge in [0, 0.05) is 25.4 Å². The van der Waals surface area contributed by atoms with Gasteiger partial charge in [0.15, 0.2) is 0 Å². The molecule has 2 aromatic rings. The fourth-order valence-corrected chi connectivity index (χ4v) is 3.46. The van der Waals surface area contributed by atoms with Crippen molar-refractivity contribution in [3.8, 4) is 0 Å². The summed E-state index contributed by atoms with van der Waals surface area (Å²) in [5.74, 6) is 0. The van der Waals surface area contributed by atoms with E-state index in [4.69, 9.17) is 4.98 Å². The zero-order chi connectivity index (χ0) is 19.3. The first-order valence-electron chi connectivity index (χ1n) is 9.14. The fraction of sp³-hybridized carbons (Fsp3) is 0.409. The summed E-state index contributed by atoms with van der Waals surface area (Å²) in [6, 6.07) is 4.53. The molecule has 1 N–H and O–H groups in total. The molecule has 140 valence electrons. The summed E-state index contributed by atoms with van der Waals surface area (Å²) < 4.78 is 0. The van der Waals surface area contributed by atoms with Gasteiger partial charge in [-0.2, -0.15) is 0 Å². The van der Waals surface area contributed by atoms with E-state index in [2.05, 4.69) is 88.7 Å². The highest BCUT2D eigenvalue weighted by Crippen LogP contribution is 2.25. The molecule has 0 aliphatic rings. The van der Waals surface area contributed by atoms with Gasteiger partial charge < -0.3 is 5.43 Å². The second kappa shape index (κ2) is 9.15. The van der Waals surface area contributed by atoms with E-state index in [1.54, 1.807) is 11.3 Å². The molecule has 0 fully saturated rings. The number of hydrogen-bond acceptors (Lipinski definition) is 4. The Hall–Kier alpha value is -1.91. The van der Waals surface area contributed by atoms with Gasteiger partial charge in [0.25, 0.3) is 0 Å². The zero-order valence-electron chi connectivity index (χ0n) is 17.1. The van der Waals surface area contributed by atoms with Gasteiger partial charge in [0.05, 0.1) is 16.4 Å². The number of anilines is 1. The lowest BCUT2D eigenvalue weighted by Crippen LogP contribution is -2.25. The lowest BCUT2D eigenvalue weighted by Gasteiger charge is -2.20. The second-order valence-electron chi connectivity index (χ2n) is 7.12. The van der Waals surface area contributed by atoms with E-state index in [0.717, 1.165) is 18.7 Å². The molecule has 0 amide bonds. The highest BCUT2D eigenvalue weighted by atomic mass is 32.1. The first-order valence-corrected chi connectivity index (χ1v) is 10.0. The molecule has 0 atom stereocenters. The quantitative estimate of drug-likeness (QED) is 0.479. The van der Waals surface area contributed by atoms with Crippen LogP contribution in [0.25, 0.3) is 5.57 Å². The van der Waals surface area contributed by atoms with Crippen molar-refractivity contribution in [3.05, 3.63) is 62.6 Å². The fourth-order valence-electron chi connectivity index (χ4n) is 2.58. The number of nitrogens with zero attached hydrogens (tertiary/aromatic N) is 2. The number of benzene rings is 1. The Labute approximate surface area is 162 Å². The summed E-state index contributed by atoms with van der Waals surface area (Å²) in [4.78, 5) is 4.84. The van der Waals surface area contributed by atoms with Crippen LogP contribution in [0.2, 0.25) is 0 Å². The number of nitrogens with one attached hydrogen (secondary N) is 1. The van der Waals surface area contributed by atoms with E-state index in [0.29, 0.717) is 0 Å². The standard InChI is InChI=1S/C22H31N3S/c1-8-25(7)24-20-12-17(5)19(11-18(20)6)13-22-23-21(14-26-22)16(4)10-9-15(2)3/h9-12,14,24H,8,13H2,1-7H3/b16-10+. The lowest BCUT2D eigenvalue weighted by atomic mass is 10.0. The number of hydrazine groups is 1. The summed E-state index contributed by atoms with van der Waals surface area (Å²) in [6.07, 6.45) is 5.17. The van der Waals surface area contributed by atoms with Crippen molar-refractivity contribution in [3.63, 3.8) is 0 Å². The van der Waals surface area contributed by atoms with Crippen molar-refractivity contribution < 1.29 is 0 Å². The molecule has 0 aliphatic carbocycles. The van der Waals surface area contributed by atoms with E-state index < -0.39 is 0 Å². The Morgan fingerprint density at radius 3 is 2.54 bits per heavy atom. The van der Waals surface area contributed by atoms with Crippen LogP contribution in [0.3, 0.4) is 0 Å². The summed E-state index contributed by atoms with van der Waals surface area (Å²) in [6.45, 7) is 13.8. The van der Waals surface area contributed by atoms with Crippen molar-refractivity contribution in [1.29, 1.82) is 0 Å². The molecule has 4 heteroatoms. The smallest absolute Gasteiger partial charge is 0.0976 e. The van der Waals surface area contributed by atoms with Crippen LogP contribution in [0, 0.1) is 13.8 Å². The molecule has 0 radical (unpaired) electrons. The number of thiazole rings is 1. The Balaban J connectivity index is 2.18. The van der Waals surface area contributed by atoms with Gasteiger partial charge in [-0.05, 0) is 62.9 Å². The second-order valence-corrected chi connectivity index (χ2v) is 8.06. The maximum Gasteiger partial charge on any atom is 0.0976 e. The summed E-state index contributed by atoms with van der Waals surface area (Å²) >= 11 is 1.74. The van der Waals surface area contributed by atoms with E-state index in [9.17, 15) is 0 Å². The van der Waals surface area contributed by atoms with Gasteiger partial charge in [0.1, 0.15) is 0 Å². The van der Waals surface area contributed by atoms with E-state index in [1.165, 1.54) is 38.5 Å². The molecule has 0 spiro atoms. The van der Waals surface area contributed by atoms with Crippen LogP contribution < -0.4 is 5.43 Å². The third kappa shape index (κ3) is 5.55. The molecule has 0 saturated carbocycles. The summed E-state index contributed by atoms with van der Waals surface area (Å²) in [5, 5.41) is 5.42. The molecule has 0 aliphatic heterocycles. The molecule has 1 heterocycles. The highest BCUT2D eigenvalue weighted by molar-refractivity contribution is 7.09. The Bertz CT molecular complexity index is 811. The third-order valence-electron chi connectivity index (χ3n) is 4.43. The molecule has 1 aromatic heterocycles. The maximum atomic E-state index is 4.84. The van der Waals surface area contributed by atoms with Gasteiger partial charge in [-0.1, -0.05) is 30.7 Å². The Morgan fingerprint density at radius 2 is 1.88 bits per heavy atom. The maximum absolute atomic E-state index is 4.84. The van der Waals surface area contributed by atoms with Crippen LogP contribution in [0.4, 0.5) is 5.69 Å². The van der Waals surface area contributed by atoms with Crippen LogP contribution in [0.15, 0.2) is 35.2 Å². The monoisotopic (exact) mass is 369 g/mol. The Kier molecular flexibility index (Phi) is 7.18. The minimum Gasteiger partial charge on any atom is -0.319 e. The van der Waals surface area contributed by atoms with Crippen LogP contribution in [0.1, 0.15) is 55.1 Å². The largest absolute Gasteiger partial charge is 0.319 e.